The Hall–Kier alpha value is -2.04. The number of hydrogen-bond acceptors (Lipinski definition) is 3. The molecule has 0 saturated heterocycles. The second kappa shape index (κ2) is 6.16. The van der Waals surface area contributed by atoms with Crippen LogP contribution in [-0.4, -0.2) is 22.0 Å². The number of furan rings is 1. The predicted molar refractivity (Wildman–Crippen MR) is 79.2 cm³/mol. The molecule has 1 saturated carbocycles. The van der Waals surface area contributed by atoms with Crippen LogP contribution in [0, 0.1) is 6.92 Å². The number of rotatable bonds is 5. The van der Waals surface area contributed by atoms with Crippen LogP contribution in [-0.2, 0) is 6.42 Å². The molecule has 0 spiro atoms. The Morgan fingerprint density at radius 3 is 3.00 bits per heavy atom. The molecule has 0 aromatic carbocycles. The number of hydrogen-bond donors (Lipinski definition) is 1. The van der Waals surface area contributed by atoms with Gasteiger partial charge < -0.3 is 14.3 Å². The van der Waals surface area contributed by atoms with Crippen molar-refractivity contribution < 1.29 is 9.21 Å². The van der Waals surface area contributed by atoms with Crippen molar-refractivity contribution in [2.45, 2.75) is 45.1 Å². The number of amides is 1. The van der Waals surface area contributed by atoms with Gasteiger partial charge in [-0.15, -0.1) is 0 Å². The van der Waals surface area contributed by atoms with Crippen LogP contribution >= 0.6 is 0 Å². The summed E-state index contributed by atoms with van der Waals surface area (Å²) in [6.07, 6.45) is 10.7. The highest BCUT2D eigenvalue weighted by Gasteiger charge is 2.21. The lowest BCUT2D eigenvalue weighted by Crippen LogP contribution is -2.26. The van der Waals surface area contributed by atoms with Crippen molar-refractivity contribution in [3.63, 3.8) is 0 Å². The first-order chi connectivity index (χ1) is 10.3. The fourth-order valence-corrected chi connectivity index (χ4v) is 3.13. The largest absolute Gasteiger partial charge is 0.472 e. The molecule has 1 amide bonds. The molecule has 0 atom stereocenters. The molecule has 1 fully saturated rings. The van der Waals surface area contributed by atoms with Crippen molar-refractivity contribution in [1.82, 2.24) is 14.9 Å². The molecule has 5 heteroatoms. The van der Waals surface area contributed by atoms with Gasteiger partial charge in [-0.05, 0) is 25.8 Å². The van der Waals surface area contributed by atoms with E-state index in [0.29, 0.717) is 18.2 Å². The minimum absolute atomic E-state index is 0.0977. The molecule has 0 bridgehead atoms. The van der Waals surface area contributed by atoms with Gasteiger partial charge in [-0.1, -0.05) is 12.8 Å². The third kappa shape index (κ3) is 3.01. The van der Waals surface area contributed by atoms with Gasteiger partial charge in [0.05, 0.1) is 11.8 Å². The average molecular weight is 287 g/mol. The molecule has 1 aliphatic carbocycles. The summed E-state index contributed by atoms with van der Waals surface area (Å²) in [4.78, 5) is 16.4. The number of nitrogens with zero attached hydrogens (tertiary/aromatic N) is 2. The van der Waals surface area contributed by atoms with Gasteiger partial charge >= 0.3 is 0 Å². The molecule has 1 aliphatic rings. The van der Waals surface area contributed by atoms with E-state index in [1.807, 2.05) is 6.20 Å². The topological polar surface area (TPSA) is 60.1 Å². The Labute approximate surface area is 124 Å². The molecule has 21 heavy (non-hydrogen) atoms. The maximum absolute atomic E-state index is 11.8. The monoisotopic (exact) mass is 287 g/mol. The Balaban J connectivity index is 1.59. The van der Waals surface area contributed by atoms with Crippen LogP contribution in [0.15, 0.2) is 29.2 Å². The van der Waals surface area contributed by atoms with Gasteiger partial charge in [0.1, 0.15) is 12.1 Å². The molecule has 2 aromatic rings. The molecule has 5 nitrogen and oxygen atoms in total. The number of imidazole rings is 1. The van der Waals surface area contributed by atoms with Crippen molar-refractivity contribution in [3.05, 3.63) is 41.9 Å². The van der Waals surface area contributed by atoms with E-state index in [1.54, 1.807) is 6.07 Å². The van der Waals surface area contributed by atoms with E-state index in [-0.39, 0.29) is 5.91 Å². The summed E-state index contributed by atoms with van der Waals surface area (Å²) in [6.45, 7) is 2.70. The molecule has 3 rings (SSSR count). The quantitative estimate of drug-likeness (QED) is 0.920. The summed E-state index contributed by atoms with van der Waals surface area (Å²) >= 11 is 0. The number of nitrogens with one attached hydrogen (secondary N) is 1. The molecule has 2 heterocycles. The highest BCUT2D eigenvalue weighted by Crippen LogP contribution is 2.31. The van der Waals surface area contributed by atoms with Crippen molar-refractivity contribution in [2.24, 2.45) is 0 Å². The van der Waals surface area contributed by atoms with Crippen LogP contribution < -0.4 is 5.32 Å². The van der Waals surface area contributed by atoms with Crippen molar-refractivity contribution in [1.29, 1.82) is 0 Å². The summed E-state index contributed by atoms with van der Waals surface area (Å²) in [7, 11) is 0. The lowest BCUT2D eigenvalue weighted by atomic mass is 10.2. The summed E-state index contributed by atoms with van der Waals surface area (Å²) in [5, 5.41) is 2.91. The summed E-state index contributed by atoms with van der Waals surface area (Å²) in [6, 6.07) is 2.26. The van der Waals surface area contributed by atoms with E-state index in [0.717, 1.165) is 12.2 Å². The van der Waals surface area contributed by atoms with Crippen LogP contribution in [0.3, 0.4) is 0 Å². The fraction of sp³-hybridized carbons (Fsp3) is 0.500. The van der Waals surface area contributed by atoms with Gasteiger partial charge in [-0.2, -0.15) is 0 Å². The van der Waals surface area contributed by atoms with Crippen LogP contribution in [0.4, 0.5) is 0 Å². The van der Waals surface area contributed by atoms with Gasteiger partial charge in [0.25, 0.3) is 5.91 Å². The first-order valence-electron chi connectivity index (χ1n) is 7.59. The first kappa shape index (κ1) is 13.9. The van der Waals surface area contributed by atoms with Gasteiger partial charge in [0.2, 0.25) is 0 Å². The molecule has 2 aromatic heterocycles. The Morgan fingerprint density at radius 2 is 2.29 bits per heavy atom. The second-order valence-corrected chi connectivity index (χ2v) is 5.64. The third-order valence-electron chi connectivity index (χ3n) is 4.17. The fourth-order valence-electron chi connectivity index (χ4n) is 3.13. The van der Waals surface area contributed by atoms with Gasteiger partial charge in [-0.25, -0.2) is 4.98 Å². The maximum atomic E-state index is 11.8. The highest BCUT2D eigenvalue weighted by atomic mass is 16.3. The summed E-state index contributed by atoms with van der Waals surface area (Å²) in [5.41, 5.74) is 1.78. The lowest BCUT2D eigenvalue weighted by Gasteiger charge is -2.17. The zero-order chi connectivity index (χ0) is 14.7. The van der Waals surface area contributed by atoms with Crippen LogP contribution in [0.25, 0.3) is 0 Å². The number of aryl methyl sites for hydroxylation is 1. The van der Waals surface area contributed by atoms with E-state index in [9.17, 15) is 4.79 Å². The first-order valence-corrected chi connectivity index (χ1v) is 7.59. The minimum atomic E-state index is -0.0977. The standard InChI is InChI=1S/C16H21N3O2/c1-12-10-18-15(19(12)14-4-2-3-5-14)6-8-17-16(20)13-7-9-21-11-13/h7,9-11,14H,2-6,8H2,1H3,(H,17,20). The molecule has 0 unspecified atom stereocenters. The Kier molecular flexibility index (Phi) is 4.08. The van der Waals surface area contributed by atoms with E-state index < -0.39 is 0 Å². The number of aromatic nitrogens is 2. The molecule has 112 valence electrons. The van der Waals surface area contributed by atoms with Gasteiger partial charge in [0.15, 0.2) is 0 Å². The molecular weight excluding hydrogens is 266 g/mol. The zero-order valence-electron chi connectivity index (χ0n) is 12.3. The van der Waals surface area contributed by atoms with E-state index in [1.165, 1.54) is 43.9 Å². The summed E-state index contributed by atoms with van der Waals surface area (Å²) < 4.78 is 7.27. The van der Waals surface area contributed by atoms with Crippen LogP contribution in [0.5, 0.6) is 0 Å². The second-order valence-electron chi connectivity index (χ2n) is 5.64. The molecule has 0 aliphatic heterocycles. The zero-order valence-corrected chi connectivity index (χ0v) is 12.3. The molecule has 0 radical (unpaired) electrons. The maximum Gasteiger partial charge on any atom is 0.254 e. The predicted octanol–water partition coefficient (Wildman–Crippen LogP) is 2.87. The van der Waals surface area contributed by atoms with Crippen molar-refractivity contribution in [2.75, 3.05) is 6.54 Å². The van der Waals surface area contributed by atoms with E-state index in [4.69, 9.17) is 4.42 Å². The van der Waals surface area contributed by atoms with Gasteiger partial charge in [0, 0.05) is 30.9 Å². The third-order valence-corrected chi connectivity index (χ3v) is 4.17. The van der Waals surface area contributed by atoms with Gasteiger partial charge in [-0.3, -0.25) is 4.79 Å². The average Bonchev–Trinajstić information content (AvgIpc) is 3.19. The lowest BCUT2D eigenvalue weighted by molar-refractivity contribution is 0.0953. The number of carbonyl (C=O) groups excluding carboxylic acids is 1. The Bertz CT molecular complexity index is 595. The molecule has 1 N–H and O–H groups in total. The highest BCUT2D eigenvalue weighted by molar-refractivity contribution is 5.93. The van der Waals surface area contributed by atoms with Crippen LogP contribution in [0.1, 0.15) is 53.6 Å². The molecular formula is C16H21N3O2. The smallest absolute Gasteiger partial charge is 0.254 e. The SMILES string of the molecule is Cc1cnc(CCNC(=O)c2ccoc2)n1C1CCCC1. The Morgan fingerprint density at radius 1 is 1.48 bits per heavy atom. The number of carbonyl (C=O) groups is 1. The van der Waals surface area contributed by atoms with Crippen molar-refractivity contribution in [3.8, 4) is 0 Å². The summed E-state index contributed by atoms with van der Waals surface area (Å²) in [5.74, 6) is 0.978. The van der Waals surface area contributed by atoms with E-state index in [2.05, 4.69) is 21.8 Å². The van der Waals surface area contributed by atoms with Crippen LogP contribution in [0.2, 0.25) is 0 Å². The normalized spacial score (nSPS) is 15.5. The van der Waals surface area contributed by atoms with Crippen molar-refractivity contribution >= 4 is 5.91 Å². The van der Waals surface area contributed by atoms with E-state index >= 15 is 0 Å². The minimum Gasteiger partial charge on any atom is -0.472 e.